The topological polar surface area (TPSA) is 125 Å². The van der Waals surface area contributed by atoms with Crippen LogP contribution in [-0.2, 0) is 14.6 Å². The van der Waals surface area contributed by atoms with Gasteiger partial charge in [-0.25, -0.2) is 8.42 Å². The monoisotopic (exact) mass is 358 g/mol. The molecule has 0 saturated carbocycles. The summed E-state index contributed by atoms with van der Waals surface area (Å²) in [5.41, 5.74) is -1.02. The molecule has 1 aromatic rings. The summed E-state index contributed by atoms with van der Waals surface area (Å²) in [6.07, 6.45) is 0.335. The van der Waals surface area contributed by atoms with Gasteiger partial charge in [0.1, 0.15) is 0 Å². The summed E-state index contributed by atoms with van der Waals surface area (Å²) in [5.74, 6) is -0.285. The molecule has 2 rings (SSSR count). The van der Waals surface area contributed by atoms with Crippen LogP contribution in [0.15, 0.2) is 18.2 Å². The first-order valence-electron chi connectivity index (χ1n) is 7.11. The number of nitrogens with one attached hydrogen (secondary N) is 1. The van der Waals surface area contributed by atoms with Crippen LogP contribution in [0.4, 0.5) is 5.69 Å². The standard InChI is InChI=1S/C14H18N2O7S/c1-14(5-6-24(20,21)9-14)15-13(17)8-23-12-7-10(16(18)19)3-4-11(12)22-2/h3-4,7H,5-6,8-9H2,1-2H3,(H,15,17)/t14-/m0/s1. The van der Waals surface area contributed by atoms with Crippen molar-refractivity contribution in [3.8, 4) is 11.5 Å². The number of sulfone groups is 1. The van der Waals surface area contributed by atoms with Crippen LogP contribution in [-0.4, -0.2) is 50.0 Å². The van der Waals surface area contributed by atoms with Gasteiger partial charge in [0.25, 0.3) is 11.6 Å². The molecule has 0 spiro atoms. The smallest absolute Gasteiger partial charge is 0.273 e. The molecule has 1 amide bonds. The lowest BCUT2D eigenvalue weighted by Gasteiger charge is -2.23. The van der Waals surface area contributed by atoms with E-state index in [1.165, 1.54) is 19.2 Å². The van der Waals surface area contributed by atoms with E-state index in [1.54, 1.807) is 6.92 Å². The van der Waals surface area contributed by atoms with E-state index in [0.29, 0.717) is 6.42 Å². The van der Waals surface area contributed by atoms with Crippen molar-refractivity contribution >= 4 is 21.4 Å². The normalized spacial score (nSPS) is 21.9. The van der Waals surface area contributed by atoms with Crippen molar-refractivity contribution in [2.75, 3.05) is 25.2 Å². The Bertz CT molecular complexity index is 762. The zero-order valence-corrected chi connectivity index (χ0v) is 14.1. The number of carbonyl (C=O) groups is 1. The number of hydrogen-bond donors (Lipinski definition) is 1. The number of hydrogen-bond acceptors (Lipinski definition) is 7. The van der Waals surface area contributed by atoms with Crippen molar-refractivity contribution in [2.45, 2.75) is 18.9 Å². The lowest BCUT2D eigenvalue weighted by atomic mass is 10.0. The predicted molar refractivity (Wildman–Crippen MR) is 85.0 cm³/mol. The Labute approximate surface area is 139 Å². The second-order valence-electron chi connectivity index (χ2n) is 5.83. The van der Waals surface area contributed by atoms with Crippen molar-refractivity contribution in [1.29, 1.82) is 0 Å². The van der Waals surface area contributed by atoms with Gasteiger partial charge < -0.3 is 14.8 Å². The zero-order valence-electron chi connectivity index (χ0n) is 13.3. The highest BCUT2D eigenvalue weighted by Crippen LogP contribution is 2.31. The summed E-state index contributed by atoms with van der Waals surface area (Å²) >= 11 is 0. The molecule has 0 radical (unpaired) electrons. The van der Waals surface area contributed by atoms with Crippen LogP contribution in [0, 0.1) is 10.1 Å². The summed E-state index contributed by atoms with van der Waals surface area (Å²) < 4.78 is 33.4. The SMILES string of the molecule is COc1ccc([N+](=O)[O-])cc1OCC(=O)N[C@@]1(C)CCS(=O)(=O)C1. The van der Waals surface area contributed by atoms with Gasteiger partial charge in [0.05, 0.1) is 35.1 Å². The van der Waals surface area contributed by atoms with E-state index < -0.39 is 32.8 Å². The van der Waals surface area contributed by atoms with E-state index in [2.05, 4.69) is 5.32 Å². The van der Waals surface area contributed by atoms with Crippen LogP contribution >= 0.6 is 0 Å². The van der Waals surface area contributed by atoms with Crippen LogP contribution in [0.5, 0.6) is 11.5 Å². The number of methoxy groups -OCH3 is 1. The molecule has 0 unspecified atom stereocenters. The number of carbonyl (C=O) groups excluding carboxylic acids is 1. The third kappa shape index (κ3) is 4.34. The van der Waals surface area contributed by atoms with E-state index in [0.717, 1.165) is 6.07 Å². The second-order valence-corrected chi connectivity index (χ2v) is 8.02. The molecule has 1 heterocycles. The molecule has 0 bridgehead atoms. The van der Waals surface area contributed by atoms with E-state index >= 15 is 0 Å². The van der Waals surface area contributed by atoms with Crippen LogP contribution in [0.1, 0.15) is 13.3 Å². The van der Waals surface area contributed by atoms with Crippen LogP contribution in [0.25, 0.3) is 0 Å². The average Bonchev–Trinajstić information content (AvgIpc) is 2.77. The number of non-ortho nitro benzene ring substituents is 1. The first-order valence-corrected chi connectivity index (χ1v) is 8.93. The molecule has 9 nitrogen and oxygen atoms in total. The first kappa shape index (κ1) is 18.0. The molecule has 1 atom stereocenters. The number of ether oxygens (including phenoxy) is 2. The minimum Gasteiger partial charge on any atom is -0.493 e. The van der Waals surface area contributed by atoms with E-state index in [-0.39, 0.29) is 28.7 Å². The largest absolute Gasteiger partial charge is 0.493 e. The summed E-state index contributed by atoms with van der Waals surface area (Å²) in [5, 5.41) is 13.4. The molecule has 1 saturated heterocycles. The van der Waals surface area contributed by atoms with Crippen molar-refractivity contribution in [3.63, 3.8) is 0 Å². The summed E-state index contributed by atoms with van der Waals surface area (Å²) in [6, 6.07) is 3.79. The molecule has 0 aromatic heterocycles. The van der Waals surface area contributed by atoms with Crippen molar-refractivity contribution in [1.82, 2.24) is 5.32 Å². The molecule has 10 heteroatoms. The van der Waals surface area contributed by atoms with E-state index in [4.69, 9.17) is 9.47 Å². The Morgan fingerprint density at radius 1 is 1.42 bits per heavy atom. The molecular weight excluding hydrogens is 340 g/mol. The third-order valence-electron chi connectivity index (χ3n) is 3.66. The van der Waals surface area contributed by atoms with Crippen LogP contribution in [0.2, 0.25) is 0 Å². The van der Waals surface area contributed by atoms with E-state index in [9.17, 15) is 23.3 Å². The van der Waals surface area contributed by atoms with Crippen molar-refractivity contribution < 1.29 is 27.6 Å². The van der Waals surface area contributed by atoms with Gasteiger partial charge >= 0.3 is 0 Å². The number of nitrogens with zero attached hydrogens (tertiary/aromatic N) is 1. The Morgan fingerprint density at radius 2 is 2.12 bits per heavy atom. The minimum absolute atomic E-state index is 0.0311. The first-order chi connectivity index (χ1) is 11.1. The summed E-state index contributed by atoms with van der Waals surface area (Å²) in [7, 11) is -1.77. The summed E-state index contributed by atoms with van der Waals surface area (Å²) in [4.78, 5) is 22.2. The maximum absolute atomic E-state index is 12.0. The fourth-order valence-electron chi connectivity index (χ4n) is 2.52. The molecule has 0 aliphatic carbocycles. The van der Waals surface area contributed by atoms with Gasteiger partial charge in [0.15, 0.2) is 27.9 Å². The average molecular weight is 358 g/mol. The second kappa shape index (κ2) is 6.63. The molecule has 1 aromatic carbocycles. The number of nitro groups is 1. The minimum atomic E-state index is -3.14. The maximum atomic E-state index is 12.0. The molecular formula is C14H18N2O7S. The van der Waals surface area contributed by atoms with Gasteiger partial charge in [-0.1, -0.05) is 0 Å². The van der Waals surface area contributed by atoms with Gasteiger partial charge in [-0.15, -0.1) is 0 Å². The molecule has 1 fully saturated rings. The highest BCUT2D eigenvalue weighted by molar-refractivity contribution is 7.91. The lowest BCUT2D eigenvalue weighted by molar-refractivity contribution is -0.385. The Kier molecular flexibility index (Phi) is 4.97. The highest BCUT2D eigenvalue weighted by Gasteiger charge is 2.39. The molecule has 1 aliphatic rings. The lowest BCUT2D eigenvalue weighted by Crippen LogP contribution is -2.48. The van der Waals surface area contributed by atoms with E-state index in [1.807, 2.05) is 0 Å². The third-order valence-corrected chi connectivity index (χ3v) is 5.56. The quantitative estimate of drug-likeness (QED) is 0.585. The van der Waals surface area contributed by atoms with Crippen molar-refractivity contribution in [3.05, 3.63) is 28.3 Å². The van der Waals surface area contributed by atoms with Crippen molar-refractivity contribution in [2.24, 2.45) is 0 Å². The number of benzene rings is 1. The fraction of sp³-hybridized carbons (Fsp3) is 0.500. The van der Waals surface area contributed by atoms with Gasteiger partial charge in [0, 0.05) is 6.07 Å². The zero-order chi connectivity index (χ0) is 18.0. The highest BCUT2D eigenvalue weighted by atomic mass is 32.2. The predicted octanol–water partition coefficient (Wildman–Crippen LogP) is 0.676. The van der Waals surface area contributed by atoms with Gasteiger partial charge in [-0.2, -0.15) is 0 Å². The maximum Gasteiger partial charge on any atom is 0.273 e. The summed E-state index contributed by atoms with van der Waals surface area (Å²) in [6.45, 7) is 1.25. The number of rotatable bonds is 6. The Balaban J connectivity index is 2.01. The van der Waals surface area contributed by atoms with Crippen LogP contribution < -0.4 is 14.8 Å². The van der Waals surface area contributed by atoms with Gasteiger partial charge in [-0.05, 0) is 19.4 Å². The molecule has 132 valence electrons. The molecule has 1 N–H and O–H groups in total. The van der Waals surface area contributed by atoms with Crippen LogP contribution in [0.3, 0.4) is 0 Å². The Hall–Kier alpha value is -2.36. The van der Waals surface area contributed by atoms with Gasteiger partial charge in [-0.3, -0.25) is 14.9 Å². The van der Waals surface area contributed by atoms with Gasteiger partial charge in [0.2, 0.25) is 0 Å². The molecule has 1 aliphatic heterocycles. The Morgan fingerprint density at radius 3 is 2.67 bits per heavy atom. The number of nitro benzene ring substituents is 1. The number of amides is 1. The molecule has 24 heavy (non-hydrogen) atoms. The fourth-order valence-corrected chi connectivity index (χ4v) is 4.61.